The van der Waals surface area contributed by atoms with Crippen LogP contribution in [-0.4, -0.2) is 23.2 Å². The van der Waals surface area contributed by atoms with E-state index in [0.717, 1.165) is 11.4 Å². The molecule has 0 aromatic heterocycles. The molecule has 3 N–H and O–H groups in total. The van der Waals surface area contributed by atoms with Gasteiger partial charge >= 0.3 is 0 Å². The summed E-state index contributed by atoms with van der Waals surface area (Å²) in [5.74, 6) is -0.0299. The van der Waals surface area contributed by atoms with Gasteiger partial charge in [0.05, 0.1) is 16.8 Å². The zero-order valence-electron chi connectivity index (χ0n) is 12.0. The molecule has 1 aliphatic rings. The fourth-order valence-electron chi connectivity index (χ4n) is 2.30. The number of anilines is 2. The van der Waals surface area contributed by atoms with Gasteiger partial charge in [-0.1, -0.05) is 32.4 Å². The minimum absolute atomic E-state index is 0.0299. The molecule has 1 saturated carbocycles. The van der Waals surface area contributed by atoms with E-state index in [1.165, 1.54) is 0 Å². The number of hydrogen-bond donors (Lipinski definition) is 3. The summed E-state index contributed by atoms with van der Waals surface area (Å²) in [6.07, 6.45) is 0.851. The van der Waals surface area contributed by atoms with Gasteiger partial charge in [-0.25, -0.2) is 0 Å². The van der Waals surface area contributed by atoms with Crippen molar-refractivity contribution in [3.63, 3.8) is 0 Å². The number of hydrogen-bond acceptors (Lipinski definition) is 3. The van der Waals surface area contributed by atoms with Crippen molar-refractivity contribution in [2.45, 2.75) is 45.8 Å². The van der Waals surface area contributed by atoms with Gasteiger partial charge < -0.3 is 15.7 Å². The SMILES string of the molecule is CCC(=O)Nc1ccc(Cl)c(NC2CC(O)C2(C)C)c1. The summed E-state index contributed by atoms with van der Waals surface area (Å²) in [6, 6.07) is 5.54. The first-order valence-electron chi connectivity index (χ1n) is 6.88. The van der Waals surface area contributed by atoms with Crippen LogP contribution in [0.25, 0.3) is 0 Å². The molecule has 0 spiro atoms. The lowest BCUT2D eigenvalue weighted by atomic mass is 9.64. The van der Waals surface area contributed by atoms with E-state index >= 15 is 0 Å². The molecule has 0 radical (unpaired) electrons. The highest BCUT2D eigenvalue weighted by atomic mass is 35.5. The molecule has 4 nitrogen and oxygen atoms in total. The largest absolute Gasteiger partial charge is 0.392 e. The highest BCUT2D eigenvalue weighted by Gasteiger charge is 2.47. The van der Waals surface area contributed by atoms with E-state index in [-0.39, 0.29) is 23.5 Å². The van der Waals surface area contributed by atoms with Crippen molar-refractivity contribution in [1.82, 2.24) is 0 Å². The first-order chi connectivity index (χ1) is 9.34. The lowest BCUT2D eigenvalue weighted by Gasteiger charge is -2.50. The number of carbonyl (C=O) groups excluding carboxylic acids is 1. The van der Waals surface area contributed by atoms with Crippen molar-refractivity contribution in [3.8, 4) is 0 Å². The van der Waals surface area contributed by atoms with Gasteiger partial charge in [0.1, 0.15) is 0 Å². The van der Waals surface area contributed by atoms with Crippen molar-refractivity contribution >= 4 is 28.9 Å². The van der Waals surface area contributed by atoms with E-state index in [1.54, 1.807) is 12.1 Å². The second-order valence-electron chi connectivity index (χ2n) is 5.87. The Kier molecular flexibility index (Phi) is 4.25. The third kappa shape index (κ3) is 2.91. The maximum Gasteiger partial charge on any atom is 0.224 e. The van der Waals surface area contributed by atoms with Gasteiger partial charge in [0.2, 0.25) is 5.91 Å². The van der Waals surface area contributed by atoms with Crippen LogP contribution in [0, 0.1) is 5.41 Å². The highest BCUT2D eigenvalue weighted by Crippen LogP contribution is 2.43. The summed E-state index contributed by atoms with van der Waals surface area (Å²) in [4.78, 5) is 11.4. The van der Waals surface area contributed by atoms with Crippen LogP contribution in [0.4, 0.5) is 11.4 Å². The van der Waals surface area contributed by atoms with Crippen molar-refractivity contribution < 1.29 is 9.90 Å². The van der Waals surface area contributed by atoms with Gasteiger partial charge in [0.15, 0.2) is 0 Å². The monoisotopic (exact) mass is 296 g/mol. The fourth-order valence-corrected chi connectivity index (χ4v) is 2.47. The molecule has 2 unspecified atom stereocenters. The summed E-state index contributed by atoms with van der Waals surface area (Å²) in [5.41, 5.74) is 1.33. The first kappa shape index (κ1) is 15.1. The molecule has 0 aliphatic heterocycles. The molecule has 110 valence electrons. The molecule has 0 bridgehead atoms. The molecule has 1 aromatic rings. The third-order valence-corrected chi connectivity index (χ3v) is 4.45. The number of carbonyl (C=O) groups is 1. The van der Waals surface area contributed by atoms with E-state index in [2.05, 4.69) is 10.6 Å². The Morgan fingerprint density at radius 1 is 1.50 bits per heavy atom. The van der Waals surface area contributed by atoms with E-state index in [1.807, 2.05) is 26.8 Å². The molecule has 1 aliphatic carbocycles. The summed E-state index contributed by atoms with van der Waals surface area (Å²) in [5, 5.41) is 16.5. The van der Waals surface area contributed by atoms with Crippen molar-refractivity contribution in [2.24, 2.45) is 5.41 Å². The fraction of sp³-hybridized carbons (Fsp3) is 0.533. The van der Waals surface area contributed by atoms with Crippen LogP contribution in [0.5, 0.6) is 0 Å². The van der Waals surface area contributed by atoms with Crippen LogP contribution < -0.4 is 10.6 Å². The van der Waals surface area contributed by atoms with Crippen LogP contribution >= 0.6 is 11.6 Å². The molecule has 1 amide bonds. The van der Waals surface area contributed by atoms with Crippen molar-refractivity contribution in [1.29, 1.82) is 0 Å². The van der Waals surface area contributed by atoms with Crippen molar-refractivity contribution in [2.75, 3.05) is 10.6 Å². The molecule has 20 heavy (non-hydrogen) atoms. The highest BCUT2D eigenvalue weighted by molar-refractivity contribution is 6.33. The van der Waals surface area contributed by atoms with E-state index in [4.69, 9.17) is 11.6 Å². The maximum absolute atomic E-state index is 11.4. The van der Waals surface area contributed by atoms with Gasteiger partial charge in [0.25, 0.3) is 0 Å². The zero-order chi connectivity index (χ0) is 14.9. The summed E-state index contributed by atoms with van der Waals surface area (Å²) in [6.45, 7) is 5.85. The molecular weight excluding hydrogens is 276 g/mol. The standard InChI is InChI=1S/C15H21ClN2O2/c1-4-14(20)17-9-5-6-10(16)11(7-9)18-12-8-13(19)15(12,2)3/h5-7,12-13,18-19H,4,8H2,1-3H3,(H,17,20). The average molecular weight is 297 g/mol. The number of halogens is 1. The molecule has 1 aromatic carbocycles. The number of benzene rings is 1. The van der Waals surface area contributed by atoms with Crippen LogP contribution in [0.2, 0.25) is 5.02 Å². The van der Waals surface area contributed by atoms with Crippen LogP contribution in [0.3, 0.4) is 0 Å². The Bertz CT molecular complexity index is 517. The number of aliphatic hydroxyl groups excluding tert-OH is 1. The molecule has 0 heterocycles. The first-order valence-corrected chi connectivity index (χ1v) is 7.26. The number of amides is 1. The van der Waals surface area contributed by atoms with Crippen LogP contribution in [0.15, 0.2) is 18.2 Å². The lowest BCUT2D eigenvalue weighted by Crippen LogP contribution is -2.56. The predicted octanol–water partition coefficient (Wildman–Crippen LogP) is 3.26. The maximum atomic E-state index is 11.4. The Balaban J connectivity index is 2.11. The second kappa shape index (κ2) is 5.62. The molecule has 5 heteroatoms. The number of aliphatic hydroxyl groups is 1. The Morgan fingerprint density at radius 3 is 2.75 bits per heavy atom. The molecule has 1 fully saturated rings. The second-order valence-corrected chi connectivity index (χ2v) is 6.27. The van der Waals surface area contributed by atoms with Gasteiger partial charge in [-0.2, -0.15) is 0 Å². The summed E-state index contributed by atoms with van der Waals surface area (Å²) < 4.78 is 0. The quantitative estimate of drug-likeness (QED) is 0.799. The van der Waals surface area contributed by atoms with Crippen LogP contribution in [-0.2, 0) is 4.79 Å². The Morgan fingerprint density at radius 2 is 2.20 bits per heavy atom. The molecular formula is C15H21ClN2O2. The van der Waals surface area contributed by atoms with Crippen LogP contribution in [0.1, 0.15) is 33.6 Å². The third-order valence-electron chi connectivity index (χ3n) is 4.12. The van der Waals surface area contributed by atoms with E-state index < -0.39 is 0 Å². The lowest BCUT2D eigenvalue weighted by molar-refractivity contribution is -0.115. The molecule has 2 rings (SSSR count). The molecule has 0 saturated heterocycles. The Hall–Kier alpha value is -1.26. The smallest absolute Gasteiger partial charge is 0.224 e. The van der Waals surface area contributed by atoms with Gasteiger partial charge in [-0.3, -0.25) is 4.79 Å². The number of rotatable bonds is 4. The Labute approximate surface area is 124 Å². The van der Waals surface area contributed by atoms with E-state index in [9.17, 15) is 9.90 Å². The summed E-state index contributed by atoms with van der Waals surface area (Å²) in [7, 11) is 0. The zero-order valence-corrected chi connectivity index (χ0v) is 12.8. The van der Waals surface area contributed by atoms with Crippen molar-refractivity contribution in [3.05, 3.63) is 23.2 Å². The number of nitrogens with one attached hydrogen (secondary N) is 2. The molecule has 2 atom stereocenters. The average Bonchev–Trinajstić information content (AvgIpc) is 2.41. The van der Waals surface area contributed by atoms with Gasteiger partial charge in [-0.15, -0.1) is 0 Å². The minimum atomic E-state index is -0.290. The summed E-state index contributed by atoms with van der Waals surface area (Å²) >= 11 is 6.18. The van der Waals surface area contributed by atoms with E-state index in [0.29, 0.717) is 17.9 Å². The topological polar surface area (TPSA) is 61.4 Å². The van der Waals surface area contributed by atoms with Gasteiger partial charge in [-0.05, 0) is 24.6 Å². The predicted molar refractivity (Wildman–Crippen MR) is 82.2 cm³/mol. The normalized spacial score (nSPS) is 23.9. The minimum Gasteiger partial charge on any atom is -0.392 e. The van der Waals surface area contributed by atoms with Gasteiger partial charge in [0, 0.05) is 23.6 Å².